The van der Waals surface area contributed by atoms with Crippen LogP contribution in [0.5, 0.6) is 0 Å². The fourth-order valence-electron chi connectivity index (χ4n) is 1.85. The zero-order chi connectivity index (χ0) is 15.6. The lowest BCUT2D eigenvalue weighted by Gasteiger charge is -2.11. The van der Waals surface area contributed by atoms with Gasteiger partial charge in [0.25, 0.3) is 0 Å². The second-order valence-electron chi connectivity index (χ2n) is 4.22. The molecule has 0 saturated carbocycles. The van der Waals surface area contributed by atoms with Crippen molar-refractivity contribution in [1.29, 1.82) is 5.26 Å². The van der Waals surface area contributed by atoms with Crippen LogP contribution in [0.15, 0.2) is 36.4 Å². The molecule has 0 amide bonds. The molecule has 0 saturated heterocycles. The molecule has 0 bridgehead atoms. The van der Waals surface area contributed by atoms with E-state index in [0.29, 0.717) is 5.02 Å². The molecule has 0 aliphatic carbocycles. The topological polar surface area (TPSA) is 40.9 Å². The second-order valence-corrected chi connectivity index (χ2v) is 5.50. The van der Waals surface area contributed by atoms with E-state index in [1.807, 2.05) is 6.07 Å². The van der Waals surface area contributed by atoms with Gasteiger partial charge < -0.3 is 0 Å². The van der Waals surface area contributed by atoms with Crippen LogP contribution in [-0.4, -0.2) is 5.78 Å². The maximum Gasteiger partial charge on any atom is 0.187 e. The van der Waals surface area contributed by atoms with Crippen LogP contribution in [0.2, 0.25) is 15.1 Å². The molecule has 0 aliphatic rings. The first-order valence-corrected chi connectivity index (χ1v) is 6.91. The molecule has 1 atom stereocenters. The van der Waals surface area contributed by atoms with Gasteiger partial charge in [-0.25, -0.2) is 4.39 Å². The third-order valence-electron chi connectivity index (χ3n) is 2.86. The molecule has 0 heterocycles. The van der Waals surface area contributed by atoms with Crippen LogP contribution in [0.3, 0.4) is 0 Å². The molecule has 0 aliphatic heterocycles. The molecular weight excluding hydrogens is 336 g/mol. The van der Waals surface area contributed by atoms with Crippen molar-refractivity contribution >= 4 is 40.6 Å². The van der Waals surface area contributed by atoms with Gasteiger partial charge in [-0.1, -0.05) is 40.9 Å². The first-order chi connectivity index (χ1) is 9.93. The molecule has 0 spiro atoms. The van der Waals surface area contributed by atoms with E-state index >= 15 is 0 Å². The van der Waals surface area contributed by atoms with E-state index in [-0.39, 0.29) is 21.2 Å². The summed E-state index contributed by atoms with van der Waals surface area (Å²) in [7, 11) is 0. The van der Waals surface area contributed by atoms with Crippen molar-refractivity contribution in [3.8, 4) is 6.07 Å². The number of carbonyl (C=O) groups excluding carboxylic acids is 1. The Balaban J connectivity index is 2.46. The number of Topliss-reactive ketones (excluding diaryl/α,β-unsaturated/α-hetero) is 1. The zero-order valence-corrected chi connectivity index (χ0v) is 12.7. The number of ketones is 1. The first kappa shape index (κ1) is 15.8. The highest BCUT2D eigenvalue weighted by atomic mass is 35.5. The highest BCUT2D eigenvalue weighted by molar-refractivity contribution is 6.35. The van der Waals surface area contributed by atoms with Crippen molar-refractivity contribution in [3.63, 3.8) is 0 Å². The summed E-state index contributed by atoms with van der Waals surface area (Å²) >= 11 is 17.4. The third kappa shape index (κ3) is 3.36. The summed E-state index contributed by atoms with van der Waals surface area (Å²) in [6, 6.07) is 9.91. The number of carbonyl (C=O) groups is 1. The van der Waals surface area contributed by atoms with E-state index < -0.39 is 17.5 Å². The highest BCUT2D eigenvalue weighted by Crippen LogP contribution is 2.30. The largest absolute Gasteiger partial charge is 0.292 e. The Bertz CT molecular complexity index is 755. The second kappa shape index (κ2) is 6.44. The predicted molar refractivity (Wildman–Crippen MR) is 80.6 cm³/mol. The lowest BCUT2D eigenvalue weighted by Crippen LogP contribution is -2.13. The van der Waals surface area contributed by atoms with Gasteiger partial charge in [0.2, 0.25) is 0 Å². The van der Waals surface area contributed by atoms with Gasteiger partial charge in [-0.2, -0.15) is 5.26 Å². The molecule has 6 heteroatoms. The number of halogens is 4. The molecule has 2 aromatic carbocycles. The fraction of sp³-hybridized carbons (Fsp3) is 0.0667. The normalized spacial score (nSPS) is 11.8. The maximum absolute atomic E-state index is 13.8. The van der Waals surface area contributed by atoms with Crippen molar-refractivity contribution in [2.45, 2.75) is 5.92 Å². The van der Waals surface area contributed by atoms with Gasteiger partial charge in [-0.15, -0.1) is 0 Å². The summed E-state index contributed by atoms with van der Waals surface area (Å²) in [6.45, 7) is 0. The fourth-order valence-corrected chi connectivity index (χ4v) is 2.53. The third-order valence-corrected chi connectivity index (χ3v) is 3.66. The van der Waals surface area contributed by atoms with E-state index in [4.69, 9.17) is 34.8 Å². The zero-order valence-electron chi connectivity index (χ0n) is 10.4. The number of nitrogens with zero attached hydrogens (tertiary/aromatic N) is 1. The van der Waals surface area contributed by atoms with Gasteiger partial charge in [-0.3, -0.25) is 4.79 Å². The Morgan fingerprint density at radius 2 is 1.71 bits per heavy atom. The monoisotopic (exact) mass is 341 g/mol. The van der Waals surface area contributed by atoms with Gasteiger partial charge in [0.05, 0.1) is 11.6 Å². The van der Waals surface area contributed by atoms with Gasteiger partial charge in [0.15, 0.2) is 5.78 Å². The van der Waals surface area contributed by atoms with Gasteiger partial charge in [-0.05, 0) is 35.9 Å². The molecule has 2 rings (SSSR count). The summed E-state index contributed by atoms with van der Waals surface area (Å²) in [4.78, 5) is 12.3. The molecule has 21 heavy (non-hydrogen) atoms. The Kier molecular flexibility index (Phi) is 4.84. The van der Waals surface area contributed by atoms with Crippen LogP contribution >= 0.6 is 34.8 Å². The predicted octanol–water partition coefficient (Wildman–Crippen LogP) is 5.28. The summed E-state index contributed by atoms with van der Waals surface area (Å²) in [5.41, 5.74) is 0.0693. The van der Waals surface area contributed by atoms with Crippen molar-refractivity contribution in [2.75, 3.05) is 0 Å². The van der Waals surface area contributed by atoms with E-state index in [1.165, 1.54) is 30.3 Å². The van der Waals surface area contributed by atoms with Gasteiger partial charge in [0.1, 0.15) is 11.7 Å². The summed E-state index contributed by atoms with van der Waals surface area (Å²) in [5.74, 6) is -2.68. The number of rotatable bonds is 3. The van der Waals surface area contributed by atoms with E-state index in [2.05, 4.69) is 0 Å². The van der Waals surface area contributed by atoms with E-state index in [1.54, 1.807) is 0 Å². The number of nitriles is 1. The number of benzene rings is 2. The van der Waals surface area contributed by atoms with Crippen LogP contribution in [0.1, 0.15) is 21.8 Å². The number of hydrogen-bond acceptors (Lipinski definition) is 2. The van der Waals surface area contributed by atoms with Crippen LogP contribution in [0.25, 0.3) is 0 Å². The van der Waals surface area contributed by atoms with Gasteiger partial charge >= 0.3 is 0 Å². The van der Waals surface area contributed by atoms with Crippen LogP contribution < -0.4 is 0 Å². The summed E-state index contributed by atoms with van der Waals surface area (Å²) < 4.78 is 13.8. The molecule has 2 nitrogen and oxygen atoms in total. The molecule has 0 N–H and O–H groups in total. The average molecular weight is 343 g/mol. The molecule has 0 radical (unpaired) electrons. The molecule has 2 aromatic rings. The Morgan fingerprint density at radius 1 is 1.10 bits per heavy atom. The van der Waals surface area contributed by atoms with Crippen molar-refractivity contribution in [3.05, 3.63) is 68.4 Å². The SMILES string of the molecule is N#CC(C(=O)c1ccc(Cl)cc1F)c1ccc(Cl)cc1Cl. The Hall–Kier alpha value is -1.60. The quantitative estimate of drug-likeness (QED) is 0.712. The number of hydrogen-bond donors (Lipinski definition) is 0. The van der Waals surface area contributed by atoms with Crippen molar-refractivity contribution < 1.29 is 9.18 Å². The molecular formula is C15H7Cl3FNO. The first-order valence-electron chi connectivity index (χ1n) is 5.78. The average Bonchev–Trinajstić information content (AvgIpc) is 2.41. The lowest BCUT2D eigenvalue weighted by molar-refractivity contribution is 0.0975. The van der Waals surface area contributed by atoms with Crippen LogP contribution in [0, 0.1) is 17.1 Å². The Morgan fingerprint density at radius 3 is 2.29 bits per heavy atom. The minimum absolute atomic E-state index is 0.169. The Labute approximate surface area is 135 Å². The standard InChI is InChI=1S/C15H7Cl3FNO/c16-8-1-3-10(13(18)5-8)12(7-20)15(21)11-4-2-9(17)6-14(11)19/h1-6,12H. The van der Waals surface area contributed by atoms with Crippen LogP contribution in [-0.2, 0) is 0 Å². The van der Waals surface area contributed by atoms with Gasteiger partial charge in [0, 0.05) is 15.1 Å². The minimum Gasteiger partial charge on any atom is -0.292 e. The van der Waals surface area contributed by atoms with Crippen molar-refractivity contribution in [2.24, 2.45) is 0 Å². The summed E-state index contributed by atoms with van der Waals surface area (Å²) in [6.07, 6.45) is 0. The minimum atomic E-state index is -1.22. The molecule has 106 valence electrons. The maximum atomic E-state index is 13.8. The molecule has 1 unspecified atom stereocenters. The molecule has 0 fully saturated rings. The summed E-state index contributed by atoms with van der Waals surface area (Å²) in [5, 5.41) is 9.97. The van der Waals surface area contributed by atoms with Crippen LogP contribution in [0.4, 0.5) is 4.39 Å². The highest BCUT2D eigenvalue weighted by Gasteiger charge is 2.26. The van der Waals surface area contributed by atoms with Crippen molar-refractivity contribution in [1.82, 2.24) is 0 Å². The van der Waals surface area contributed by atoms with E-state index in [9.17, 15) is 14.4 Å². The smallest absolute Gasteiger partial charge is 0.187 e. The lowest BCUT2D eigenvalue weighted by atomic mass is 9.91. The molecule has 0 aromatic heterocycles. The van der Waals surface area contributed by atoms with E-state index in [0.717, 1.165) is 6.07 Å².